The van der Waals surface area contributed by atoms with Crippen molar-refractivity contribution in [3.05, 3.63) is 59.9 Å². The molecular formula is C21H28N4O. The molecule has 0 atom stereocenters. The Kier molecular flexibility index (Phi) is 6.61. The molecule has 138 valence electrons. The predicted octanol–water partition coefficient (Wildman–Crippen LogP) is 2.90. The minimum absolute atomic E-state index is 0.0383. The quantitative estimate of drug-likeness (QED) is 0.779. The largest absolute Gasteiger partial charge is 0.384 e. The molecule has 1 saturated heterocycles. The number of rotatable bonds is 7. The maximum absolute atomic E-state index is 12.5. The Morgan fingerprint density at radius 1 is 1.08 bits per heavy atom. The van der Waals surface area contributed by atoms with Crippen molar-refractivity contribution < 1.29 is 4.79 Å². The first-order chi connectivity index (χ1) is 12.8. The van der Waals surface area contributed by atoms with E-state index in [1.807, 2.05) is 23.1 Å². The summed E-state index contributed by atoms with van der Waals surface area (Å²) in [5, 5.41) is 3.38. The highest BCUT2D eigenvalue weighted by Gasteiger charge is 2.21. The third kappa shape index (κ3) is 5.05. The number of hydrogen-bond acceptors (Lipinski definition) is 4. The standard InChI is InChI=1S/C21H28N4O/c1-2-24-13-15-25(16-14-24)21(26)20-11-10-19(17-23-20)22-12-6-9-18-7-4-3-5-8-18/h3-5,7-8,10-11,17,22H,2,6,9,12-16H2,1H3. The van der Waals surface area contributed by atoms with Crippen molar-refractivity contribution >= 4 is 11.6 Å². The first-order valence-corrected chi connectivity index (χ1v) is 9.51. The van der Waals surface area contributed by atoms with Crippen molar-refractivity contribution in [3.63, 3.8) is 0 Å². The average Bonchev–Trinajstić information content (AvgIpc) is 2.72. The van der Waals surface area contributed by atoms with Crippen LogP contribution in [-0.4, -0.2) is 60.0 Å². The molecule has 1 N–H and O–H groups in total. The van der Waals surface area contributed by atoms with E-state index < -0.39 is 0 Å². The Morgan fingerprint density at radius 3 is 2.50 bits per heavy atom. The Balaban J connectivity index is 1.43. The number of aromatic nitrogens is 1. The molecule has 1 aromatic carbocycles. The molecule has 5 heteroatoms. The highest BCUT2D eigenvalue weighted by atomic mass is 16.2. The lowest BCUT2D eigenvalue weighted by molar-refractivity contribution is 0.0637. The summed E-state index contributed by atoms with van der Waals surface area (Å²) in [6, 6.07) is 14.3. The summed E-state index contributed by atoms with van der Waals surface area (Å²) in [6.07, 6.45) is 3.88. The van der Waals surface area contributed by atoms with Gasteiger partial charge in [-0.1, -0.05) is 37.3 Å². The Bertz CT molecular complexity index is 679. The van der Waals surface area contributed by atoms with Gasteiger partial charge in [-0.2, -0.15) is 0 Å². The SMILES string of the molecule is CCN1CCN(C(=O)c2ccc(NCCCc3ccccc3)cn2)CC1. The van der Waals surface area contributed by atoms with E-state index >= 15 is 0 Å². The minimum atomic E-state index is 0.0383. The number of likely N-dealkylation sites (N-methyl/N-ethyl adjacent to an activating group) is 1. The summed E-state index contributed by atoms with van der Waals surface area (Å²) in [7, 11) is 0. The Hall–Kier alpha value is -2.40. The molecule has 3 rings (SSSR count). The van der Waals surface area contributed by atoms with Crippen LogP contribution in [0.5, 0.6) is 0 Å². The van der Waals surface area contributed by atoms with Gasteiger partial charge in [-0.15, -0.1) is 0 Å². The number of hydrogen-bond donors (Lipinski definition) is 1. The van der Waals surface area contributed by atoms with Crippen LogP contribution in [-0.2, 0) is 6.42 Å². The van der Waals surface area contributed by atoms with E-state index in [9.17, 15) is 4.79 Å². The number of carbonyl (C=O) groups excluding carboxylic acids is 1. The van der Waals surface area contributed by atoms with Crippen molar-refractivity contribution in [2.75, 3.05) is 44.6 Å². The molecule has 1 fully saturated rings. The first-order valence-electron chi connectivity index (χ1n) is 9.51. The zero-order valence-electron chi connectivity index (χ0n) is 15.5. The predicted molar refractivity (Wildman–Crippen MR) is 106 cm³/mol. The van der Waals surface area contributed by atoms with Crippen LogP contribution in [0.1, 0.15) is 29.4 Å². The van der Waals surface area contributed by atoms with Crippen LogP contribution < -0.4 is 5.32 Å². The van der Waals surface area contributed by atoms with Gasteiger partial charge < -0.3 is 15.1 Å². The van der Waals surface area contributed by atoms with E-state index in [-0.39, 0.29) is 5.91 Å². The molecule has 1 amide bonds. The van der Waals surface area contributed by atoms with E-state index in [0.29, 0.717) is 5.69 Å². The number of nitrogens with zero attached hydrogens (tertiary/aromatic N) is 3. The number of nitrogens with one attached hydrogen (secondary N) is 1. The molecule has 1 aliphatic heterocycles. The maximum atomic E-state index is 12.5. The summed E-state index contributed by atoms with van der Waals surface area (Å²) >= 11 is 0. The topological polar surface area (TPSA) is 48.5 Å². The van der Waals surface area contributed by atoms with E-state index in [1.165, 1.54) is 5.56 Å². The molecule has 0 aliphatic carbocycles. The van der Waals surface area contributed by atoms with Crippen LogP contribution in [0.15, 0.2) is 48.7 Å². The summed E-state index contributed by atoms with van der Waals surface area (Å²) in [4.78, 5) is 21.2. The van der Waals surface area contributed by atoms with Gasteiger partial charge in [0.2, 0.25) is 0 Å². The third-order valence-electron chi connectivity index (χ3n) is 4.90. The lowest BCUT2D eigenvalue weighted by Gasteiger charge is -2.33. The van der Waals surface area contributed by atoms with Gasteiger partial charge in [-0.05, 0) is 37.1 Å². The second-order valence-electron chi connectivity index (χ2n) is 6.67. The second kappa shape index (κ2) is 9.34. The molecular weight excluding hydrogens is 324 g/mol. The molecule has 0 radical (unpaired) electrons. The average molecular weight is 352 g/mol. The Morgan fingerprint density at radius 2 is 1.85 bits per heavy atom. The maximum Gasteiger partial charge on any atom is 0.272 e. The second-order valence-corrected chi connectivity index (χ2v) is 6.67. The molecule has 0 saturated carbocycles. The Labute approximate surface area is 156 Å². The number of benzene rings is 1. The van der Waals surface area contributed by atoms with Gasteiger partial charge in [0, 0.05) is 32.7 Å². The van der Waals surface area contributed by atoms with Crippen molar-refractivity contribution in [1.29, 1.82) is 0 Å². The zero-order chi connectivity index (χ0) is 18.2. The lowest BCUT2D eigenvalue weighted by Crippen LogP contribution is -2.48. The molecule has 5 nitrogen and oxygen atoms in total. The molecule has 2 heterocycles. The molecule has 0 bridgehead atoms. The summed E-state index contributed by atoms with van der Waals surface area (Å²) in [5.41, 5.74) is 2.85. The number of carbonyl (C=O) groups is 1. The number of pyridine rings is 1. The van der Waals surface area contributed by atoms with Crippen molar-refractivity contribution in [1.82, 2.24) is 14.8 Å². The van der Waals surface area contributed by atoms with Gasteiger partial charge in [-0.3, -0.25) is 4.79 Å². The van der Waals surface area contributed by atoms with Crippen LogP contribution in [0.25, 0.3) is 0 Å². The fourth-order valence-electron chi connectivity index (χ4n) is 3.22. The van der Waals surface area contributed by atoms with E-state index in [0.717, 1.165) is 57.8 Å². The van der Waals surface area contributed by atoms with Gasteiger partial charge in [-0.25, -0.2) is 4.98 Å². The van der Waals surface area contributed by atoms with Crippen molar-refractivity contribution in [2.45, 2.75) is 19.8 Å². The zero-order valence-corrected chi connectivity index (χ0v) is 15.5. The molecule has 26 heavy (non-hydrogen) atoms. The highest BCUT2D eigenvalue weighted by molar-refractivity contribution is 5.92. The van der Waals surface area contributed by atoms with Gasteiger partial charge in [0.25, 0.3) is 5.91 Å². The fraction of sp³-hybridized carbons (Fsp3) is 0.429. The fourth-order valence-corrected chi connectivity index (χ4v) is 3.22. The molecule has 1 aliphatic rings. The normalized spacial score (nSPS) is 15.0. The molecule has 0 spiro atoms. The van der Waals surface area contributed by atoms with Crippen molar-refractivity contribution in [2.24, 2.45) is 0 Å². The smallest absolute Gasteiger partial charge is 0.272 e. The van der Waals surface area contributed by atoms with Crippen LogP contribution >= 0.6 is 0 Å². The highest BCUT2D eigenvalue weighted by Crippen LogP contribution is 2.11. The summed E-state index contributed by atoms with van der Waals surface area (Å²) in [6.45, 7) is 7.56. The van der Waals surface area contributed by atoms with Crippen LogP contribution in [0.3, 0.4) is 0 Å². The molecule has 1 aromatic heterocycles. The number of piperazine rings is 1. The molecule has 0 unspecified atom stereocenters. The first kappa shape index (κ1) is 18.4. The van der Waals surface area contributed by atoms with Crippen molar-refractivity contribution in [3.8, 4) is 0 Å². The summed E-state index contributed by atoms with van der Waals surface area (Å²) < 4.78 is 0. The number of anilines is 1. The van der Waals surface area contributed by atoms with E-state index in [2.05, 4.69) is 46.4 Å². The van der Waals surface area contributed by atoms with Gasteiger partial charge >= 0.3 is 0 Å². The number of amides is 1. The van der Waals surface area contributed by atoms with Crippen LogP contribution in [0.4, 0.5) is 5.69 Å². The van der Waals surface area contributed by atoms with E-state index in [1.54, 1.807) is 6.20 Å². The van der Waals surface area contributed by atoms with Gasteiger partial charge in [0.1, 0.15) is 5.69 Å². The van der Waals surface area contributed by atoms with Gasteiger partial charge in [0.15, 0.2) is 0 Å². The lowest BCUT2D eigenvalue weighted by atomic mass is 10.1. The number of aryl methyl sites for hydroxylation is 1. The van der Waals surface area contributed by atoms with Crippen LogP contribution in [0, 0.1) is 0 Å². The molecule has 2 aromatic rings. The monoisotopic (exact) mass is 352 g/mol. The van der Waals surface area contributed by atoms with Crippen LogP contribution in [0.2, 0.25) is 0 Å². The van der Waals surface area contributed by atoms with Gasteiger partial charge in [0.05, 0.1) is 11.9 Å². The van der Waals surface area contributed by atoms with E-state index in [4.69, 9.17) is 0 Å². The third-order valence-corrected chi connectivity index (χ3v) is 4.90. The minimum Gasteiger partial charge on any atom is -0.384 e. The summed E-state index contributed by atoms with van der Waals surface area (Å²) in [5.74, 6) is 0.0383.